The molecule has 0 N–H and O–H groups in total. The predicted octanol–water partition coefficient (Wildman–Crippen LogP) is 10.6. The van der Waals surface area contributed by atoms with E-state index in [1.807, 2.05) is 30.3 Å². The third kappa shape index (κ3) is 6.89. The van der Waals surface area contributed by atoms with Gasteiger partial charge in [-0.3, -0.25) is 0 Å². The van der Waals surface area contributed by atoms with Crippen LogP contribution in [0.5, 0.6) is 5.75 Å². The number of allylic oxidation sites excluding steroid dienone is 1. The third-order valence-electron chi connectivity index (χ3n) is 7.90. The van der Waals surface area contributed by atoms with E-state index in [0.717, 1.165) is 80.4 Å². The summed E-state index contributed by atoms with van der Waals surface area (Å²) in [6, 6.07) is 15.7. The van der Waals surface area contributed by atoms with Gasteiger partial charge in [-0.25, -0.2) is 8.78 Å². The van der Waals surface area contributed by atoms with Crippen LogP contribution in [0, 0.1) is 23.4 Å². The van der Waals surface area contributed by atoms with Gasteiger partial charge in [-0.2, -0.15) is 4.39 Å². The predicted molar refractivity (Wildman–Crippen MR) is 151 cm³/mol. The summed E-state index contributed by atoms with van der Waals surface area (Å²) in [7, 11) is 0. The fraction of sp³-hybridized carbons (Fsp3) is 0.412. The van der Waals surface area contributed by atoms with E-state index < -0.39 is 11.6 Å². The van der Waals surface area contributed by atoms with Crippen LogP contribution in [0.3, 0.4) is 0 Å². The second kappa shape index (κ2) is 13.7. The maximum Gasteiger partial charge on any atom is 0.201 e. The highest BCUT2D eigenvalue weighted by molar-refractivity contribution is 5.71. The van der Waals surface area contributed by atoms with Gasteiger partial charge >= 0.3 is 0 Å². The molecule has 0 amide bonds. The fourth-order valence-corrected chi connectivity index (χ4v) is 5.57. The summed E-state index contributed by atoms with van der Waals surface area (Å²) in [5.74, 6) is -1.11. The van der Waals surface area contributed by atoms with Crippen LogP contribution in [0.15, 0.2) is 67.3 Å². The zero-order valence-electron chi connectivity index (χ0n) is 22.5. The van der Waals surface area contributed by atoms with E-state index in [2.05, 4.69) is 13.5 Å². The Kier molecular flexibility index (Phi) is 10.1. The van der Waals surface area contributed by atoms with Crippen molar-refractivity contribution in [3.8, 4) is 28.0 Å². The van der Waals surface area contributed by atoms with Crippen LogP contribution < -0.4 is 4.74 Å². The molecule has 1 saturated carbocycles. The van der Waals surface area contributed by atoms with E-state index >= 15 is 4.39 Å². The minimum atomic E-state index is -0.963. The Labute approximate surface area is 225 Å². The molecule has 1 aliphatic rings. The van der Waals surface area contributed by atoms with Gasteiger partial charge in [0.15, 0.2) is 11.6 Å². The molecule has 3 aromatic rings. The molecule has 38 heavy (non-hydrogen) atoms. The Morgan fingerprint density at radius 3 is 2.21 bits per heavy atom. The van der Waals surface area contributed by atoms with Crippen molar-refractivity contribution in [1.82, 2.24) is 0 Å². The van der Waals surface area contributed by atoms with Gasteiger partial charge < -0.3 is 4.74 Å². The molecule has 0 saturated heterocycles. The summed E-state index contributed by atoms with van der Waals surface area (Å²) in [5.41, 5.74) is 3.15. The Morgan fingerprint density at radius 2 is 1.53 bits per heavy atom. The lowest BCUT2D eigenvalue weighted by Gasteiger charge is -2.29. The van der Waals surface area contributed by atoms with Gasteiger partial charge in [0, 0.05) is 5.56 Å². The molecule has 1 fully saturated rings. The van der Waals surface area contributed by atoms with Crippen molar-refractivity contribution in [2.45, 2.75) is 77.0 Å². The van der Waals surface area contributed by atoms with Gasteiger partial charge in [-0.05, 0) is 97.2 Å². The van der Waals surface area contributed by atoms with Crippen molar-refractivity contribution >= 4 is 0 Å². The lowest BCUT2D eigenvalue weighted by atomic mass is 9.77. The number of rotatable bonds is 12. The summed E-state index contributed by atoms with van der Waals surface area (Å²) >= 11 is 0. The lowest BCUT2D eigenvalue weighted by Crippen LogP contribution is -2.14. The molecule has 0 aliphatic heterocycles. The van der Waals surface area contributed by atoms with E-state index in [1.54, 1.807) is 24.3 Å². The molecule has 4 rings (SSSR count). The summed E-state index contributed by atoms with van der Waals surface area (Å²) in [6.07, 6.45) is 12.6. The summed E-state index contributed by atoms with van der Waals surface area (Å²) < 4.78 is 50.1. The number of hydrogen-bond acceptors (Lipinski definition) is 1. The summed E-state index contributed by atoms with van der Waals surface area (Å²) in [5, 5.41) is 0. The van der Waals surface area contributed by atoms with E-state index in [4.69, 9.17) is 4.74 Å². The molecule has 3 aromatic carbocycles. The average Bonchev–Trinajstić information content (AvgIpc) is 2.94. The van der Waals surface area contributed by atoms with Crippen molar-refractivity contribution in [3.05, 3.63) is 90.3 Å². The van der Waals surface area contributed by atoms with Gasteiger partial charge in [-0.15, -0.1) is 6.58 Å². The Bertz CT molecular complexity index is 1190. The van der Waals surface area contributed by atoms with E-state index in [0.29, 0.717) is 12.2 Å². The number of benzene rings is 3. The molecular weight excluding hydrogens is 481 g/mol. The molecule has 1 nitrogen and oxygen atoms in total. The average molecular weight is 521 g/mol. The summed E-state index contributed by atoms with van der Waals surface area (Å²) in [6.45, 7) is 6.30. The maximum absolute atomic E-state index is 15.1. The van der Waals surface area contributed by atoms with E-state index in [1.165, 1.54) is 12.5 Å². The van der Waals surface area contributed by atoms with Crippen LogP contribution in [0.1, 0.15) is 82.6 Å². The first kappa shape index (κ1) is 28.0. The number of hydrogen-bond donors (Lipinski definition) is 0. The normalized spacial score (nSPS) is 17.4. The highest BCUT2D eigenvalue weighted by atomic mass is 19.2. The van der Waals surface area contributed by atoms with Crippen molar-refractivity contribution in [2.24, 2.45) is 5.92 Å². The molecule has 0 atom stereocenters. The van der Waals surface area contributed by atoms with Crippen LogP contribution in [-0.4, -0.2) is 6.61 Å². The first-order valence-corrected chi connectivity index (χ1v) is 14.1. The van der Waals surface area contributed by atoms with Crippen LogP contribution in [0.4, 0.5) is 13.2 Å². The standard InChI is InChI=1S/C34H39F3O/c1-3-5-7-8-22-38-32-21-20-30(33(36)34(32)37)27-16-14-25(15-17-27)28-18-19-29(31(35)23-28)26-12-10-24(11-13-26)9-6-4-2/h4,14-21,23-24,26H,2-3,5-13,22H2,1H3. The first-order valence-electron chi connectivity index (χ1n) is 14.1. The number of ether oxygens (including phenoxy) is 1. The molecule has 0 spiro atoms. The molecule has 0 heterocycles. The highest BCUT2D eigenvalue weighted by Gasteiger charge is 2.24. The molecule has 1 aliphatic carbocycles. The molecule has 0 radical (unpaired) electrons. The van der Waals surface area contributed by atoms with Crippen LogP contribution >= 0.6 is 0 Å². The van der Waals surface area contributed by atoms with E-state index in [9.17, 15) is 8.78 Å². The monoisotopic (exact) mass is 520 g/mol. The molecule has 0 bridgehead atoms. The Balaban J connectivity index is 1.41. The first-order chi connectivity index (χ1) is 18.5. The molecule has 202 valence electrons. The zero-order valence-corrected chi connectivity index (χ0v) is 22.5. The lowest BCUT2D eigenvalue weighted by molar-refractivity contribution is 0.285. The molecule has 0 aromatic heterocycles. The molecular formula is C34H39F3O. The van der Waals surface area contributed by atoms with Crippen molar-refractivity contribution in [3.63, 3.8) is 0 Å². The number of halogens is 3. The van der Waals surface area contributed by atoms with Crippen LogP contribution in [0.2, 0.25) is 0 Å². The highest BCUT2D eigenvalue weighted by Crippen LogP contribution is 2.39. The quantitative estimate of drug-likeness (QED) is 0.170. The van der Waals surface area contributed by atoms with E-state index in [-0.39, 0.29) is 23.0 Å². The summed E-state index contributed by atoms with van der Waals surface area (Å²) in [4.78, 5) is 0. The molecule has 4 heteroatoms. The minimum absolute atomic E-state index is 0.0554. The number of unbranched alkanes of at least 4 members (excludes halogenated alkanes) is 3. The van der Waals surface area contributed by atoms with Crippen molar-refractivity contribution in [1.29, 1.82) is 0 Å². The van der Waals surface area contributed by atoms with Gasteiger partial charge in [0.05, 0.1) is 6.61 Å². The second-order valence-electron chi connectivity index (χ2n) is 10.5. The van der Waals surface area contributed by atoms with Crippen molar-refractivity contribution in [2.75, 3.05) is 6.61 Å². The molecule has 0 unspecified atom stereocenters. The fourth-order valence-electron chi connectivity index (χ4n) is 5.57. The van der Waals surface area contributed by atoms with Gasteiger partial charge in [0.1, 0.15) is 5.82 Å². The SMILES string of the molecule is C=CCCC1CCC(c2ccc(-c3ccc(-c4ccc(OCCCCCC)c(F)c4F)cc3)cc2F)CC1. The Morgan fingerprint density at radius 1 is 0.816 bits per heavy atom. The minimum Gasteiger partial charge on any atom is -0.490 e. The third-order valence-corrected chi connectivity index (χ3v) is 7.90. The topological polar surface area (TPSA) is 9.23 Å². The van der Waals surface area contributed by atoms with Gasteiger partial charge in [-0.1, -0.05) is 68.7 Å². The largest absolute Gasteiger partial charge is 0.490 e. The maximum atomic E-state index is 15.1. The second-order valence-corrected chi connectivity index (χ2v) is 10.5. The van der Waals surface area contributed by atoms with Crippen LogP contribution in [-0.2, 0) is 0 Å². The van der Waals surface area contributed by atoms with Gasteiger partial charge in [0.2, 0.25) is 5.82 Å². The Hall–Kier alpha value is -3.01. The van der Waals surface area contributed by atoms with Gasteiger partial charge in [0.25, 0.3) is 0 Å². The zero-order chi connectivity index (χ0) is 26.9. The van der Waals surface area contributed by atoms with Crippen molar-refractivity contribution < 1.29 is 17.9 Å². The van der Waals surface area contributed by atoms with Crippen LogP contribution in [0.25, 0.3) is 22.3 Å². The smallest absolute Gasteiger partial charge is 0.201 e.